The first-order valence-electron chi connectivity index (χ1n) is 6.43. The van der Waals surface area contributed by atoms with Crippen LogP contribution in [-0.4, -0.2) is 5.71 Å². The van der Waals surface area contributed by atoms with Gasteiger partial charge in [0.25, 0.3) is 0 Å². The van der Waals surface area contributed by atoms with Crippen molar-refractivity contribution < 1.29 is 0 Å². The minimum absolute atomic E-state index is 0.653. The molecule has 0 bridgehead atoms. The van der Waals surface area contributed by atoms with Crippen molar-refractivity contribution in [3.63, 3.8) is 0 Å². The predicted molar refractivity (Wildman–Crippen MR) is 87.0 cm³/mol. The van der Waals surface area contributed by atoms with Crippen molar-refractivity contribution in [3.05, 3.63) is 46.2 Å². The molecule has 0 aliphatic heterocycles. The fraction of sp³-hybridized carbons (Fsp3) is 0.438. The van der Waals surface area contributed by atoms with Gasteiger partial charge in [0.1, 0.15) is 0 Å². The van der Waals surface area contributed by atoms with Gasteiger partial charge in [0.15, 0.2) is 0 Å². The number of nitrogens with one attached hydrogen (secondary N) is 1. The standard InChI is InChI=1S/C8H14.C6H7NS.C2H6/c1-5-8(6-2)7(3)4;1-5(7)6-3-2-4-8-6;1-2/h5H,3,6H2,1-2,4H3;2-4,7H,1H3;1-2H3/b8-5+;;. The first kappa shape index (κ1) is 19.2. The molecule has 0 saturated heterocycles. The van der Waals surface area contributed by atoms with E-state index < -0.39 is 0 Å². The summed E-state index contributed by atoms with van der Waals surface area (Å²) in [4.78, 5) is 1.06. The lowest BCUT2D eigenvalue weighted by Gasteiger charge is -1.98. The van der Waals surface area contributed by atoms with Crippen LogP contribution in [0.4, 0.5) is 0 Å². The van der Waals surface area contributed by atoms with Gasteiger partial charge in [-0.1, -0.05) is 50.6 Å². The Kier molecular flexibility index (Phi) is 13.1. The topological polar surface area (TPSA) is 23.9 Å². The molecular weight excluding hydrogens is 238 g/mol. The number of rotatable bonds is 3. The van der Waals surface area contributed by atoms with E-state index in [-0.39, 0.29) is 0 Å². The van der Waals surface area contributed by atoms with E-state index in [1.807, 2.05) is 45.2 Å². The van der Waals surface area contributed by atoms with Crippen LogP contribution in [0.1, 0.15) is 52.8 Å². The Labute approximate surface area is 117 Å². The van der Waals surface area contributed by atoms with E-state index in [1.165, 1.54) is 11.1 Å². The molecule has 2 heteroatoms. The summed E-state index contributed by atoms with van der Waals surface area (Å²) in [6, 6.07) is 3.91. The van der Waals surface area contributed by atoms with E-state index in [2.05, 4.69) is 19.6 Å². The van der Waals surface area contributed by atoms with Crippen LogP contribution in [0.3, 0.4) is 0 Å². The fourth-order valence-corrected chi connectivity index (χ4v) is 1.88. The van der Waals surface area contributed by atoms with E-state index in [1.54, 1.807) is 18.3 Å². The molecule has 0 amide bonds. The molecule has 0 aliphatic carbocycles. The van der Waals surface area contributed by atoms with Crippen molar-refractivity contribution in [2.45, 2.75) is 48.0 Å². The van der Waals surface area contributed by atoms with Crippen LogP contribution in [0.25, 0.3) is 0 Å². The van der Waals surface area contributed by atoms with Gasteiger partial charge in [-0.2, -0.15) is 0 Å². The molecule has 0 atom stereocenters. The van der Waals surface area contributed by atoms with Crippen LogP contribution >= 0.6 is 11.3 Å². The van der Waals surface area contributed by atoms with E-state index in [0.29, 0.717) is 5.71 Å². The zero-order chi connectivity index (χ0) is 14.6. The number of allylic oxidation sites excluding steroid dienone is 3. The first-order chi connectivity index (χ1) is 8.52. The molecule has 1 aromatic rings. The highest BCUT2D eigenvalue weighted by Crippen LogP contribution is 2.09. The molecule has 18 heavy (non-hydrogen) atoms. The second-order valence-electron chi connectivity index (χ2n) is 3.55. The molecule has 1 heterocycles. The summed E-state index contributed by atoms with van der Waals surface area (Å²) >= 11 is 1.61. The third-order valence-corrected chi connectivity index (χ3v) is 3.16. The monoisotopic (exact) mass is 265 g/mol. The Hall–Kier alpha value is -1.15. The Balaban J connectivity index is 0. The van der Waals surface area contributed by atoms with Gasteiger partial charge >= 0.3 is 0 Å². The highest BCUT2D eigenvalue weighted by atomic mass is 32.1. The lowest BCUT2D eigenvalue weighted by Crippen LogP contribution is -1.83. The summed E-state index contributed by atoms with van der Waals surface area (Å²) < 4.78 is 0. The normalized spacial score (nSPS) is 9.56. The smallest absolute Gasteiger partial charge is 0.0475 e. The lowest BCUT2D eigenvalue weighted by atomic mass is 10.1. The van der Waals surface area contributed by atoms with Crippen LogP contribution in [0.5, 0.6) is 0 Å². The quantitative estimate of drug-likeness (QED) is 0.506. The molecule has 0 spiro atoms. The van der Waals surface area contributed by atoms with Crippen molar-refractivity contribution in [3.8, 4) is 0 Å². The molecule has 1 rings (SSSR count). The number of thiophene rings is 1. The van der Waals surface area contributed by atoms with Crippen molar-refractivity contribution >= 4 is 17.0 Å². The zero-order valence-corrected chi connectivity index (χ0v) is 13.4. The fourth-order valence-electron chi connectivity index (χ4n) is 1.24. The van der Waals surface area contributed by atoms with Gasteiger partial charge in [0, 0.05) is 10.6 Å². The summed E-state index contributed by atoms with van der Waals surface area (Å²) in [7, 11) is 0. The summed E-state index contributed by atoms with van der Waals surface area (Å²) in [6.45, 7) is 15.9. The maximum absolute atomic E-state index is 7.16. The average molecular weight is 265 g/mol. The minimum atomic E-state index is 0.653. The van der Waals surface area contributed by atoms with E-state index in [4.69, 9.17) is 5.41 Å². The predicted octanol–water partition coefficient (Wildman–Crippen LogP) is 6.08. The second-order valence-corrected chi connectivity index (χ2v) is 4.50. The molecule has 0 saturated carbocycles. The van der Waals surface area contributed by atoms with E-state index in [9.17, 15) is 0 Å². The van der Waals surface area contributed by atoms with Gasteiger partial charge in [-0.25, -0.2) is 0 Å². The summed E-state index contributed by atoms with van der Waals surface area (Å²) in [5, 5.41) is 9.14. The van der Waals surface area contributed by atoms with Gasteiger partial charge in [-0.3, -0.25) is 0 Å². The molecule has 102 valence electrons. The van der Waals surface area contributed by atoms with Crippen LogP contribution in [0.2, 0.25) is 0 Å². The summed E-state index contributed by atoms with van der Waals surface area (Å²) in [6.07, 6.45) is 3.22. The first-order valence-corrected chi connectivity index (χ1v) is 7.31. The largest absolute Gasteiger partial charge is 0.304 e. The van der Waals surface area contributed by atoms with Crippen LogP contribution in [-0.2, 0) is 0 Å². The maximum Gasteiger partial charge on any atom is 0.0475 e. The van der Waals surface area contributed by atoms with Gasteiger partial charge in [0.05, 0.1) is 0 Å². The van der Waals surface area contributed by atoms with Gasteiger partial charge in [-0.05, 0) is 38.6 Å². The average Bonchev–Trinajstić information content (AvgIpc) is 2.87. The van der Waals surface area contributed by atoms with Crippen molar-refractivity contribution in [1.29, 1.82) is 5.41 Å². The van der Waals surface area contributed by atoms with Crippen molar-refractivity contribution in [2.75, 3.05) is 0 Å². The Morgan fingerprint density at radius 1 is 1.39 bits per heavy atom. The van der Waals surface area contributed by atoms with Crippen LogP contribution < -0.4 is 0 Å². The zero-order valence-electron chi connectivity index (χ0n) is 12.6. The molecule has 1 N–H and O–H groups in total. The molecule has 1 aromatic heterocycles. The molecule has 0 aliphatic rings. The van der Waals surface area contributed by atoms with Crippen molar-refractivity contribution in [2.24, 2.45) is 0 Å². The van der Waals surface area contributed by atoms with E-state index >= 15 is 0 Å². The molecule has 1 nitrogen and oxygen atoms in total. The van der Waals surface area contributed by atoms with Crippen LogP contribution in [0, 0.1) is 5.41 Å². The Bertz CT molecular complexity index is 358. The van der Waals surface area contributed by atoms with Gasteiger partial charge in [0.2, 0.25) is 0 Å². The number of hydrogen-bond acceptors (Lipinski definition) is 2. The van der Waals surface area contributed by atoms with Gasteiger partial charge < -0.3 is 5.41 Å². The Morgan fingerprint density at radius 2 is 1.94 bits per heavy atom. The molecule has 0 aromatic carbocycles. The summed E-state index contributed by atoms with van der Waals surface area (Å²) in [5.41, 5.74) is 3.21. The third-order valence-electron chi connectivity index (χ3n) is 2.17. The van der Waals surface area contributed by atoms with Crippen molar-refractivity contribution in [1.82, 2.24) is 0 Å². The maximum atomic E-state index is 7.16. The van der Waals surface area contributed by atoms with Gasteiger partial charge in [-0.15, -0.1) is 11.3 Å². The second kappa shape index (κ2) is 12.3. The van der Waals surface area contributed by atoms with E-state index in [0.717, 1.165) is 11.3 Å². The molecule has 0 radical (unpaired) electrons. The third kappa shape index (κ3) is 8.94. The highest BCUT2D eigenvalue weighted by molar-refractivity contribution is 7.12. The SMILES string of the molecule is C=C(C)/C(=C/C)CC.CC.CC(=N)c1cccs1. The van der Waals surface area contributed by atoms with Crippen LogP contribution in [0.15, 0.2) is 41.3 Å². The number of hydrogen-bond donors (Lipinski definition) is 1. The highest BCUT2D eigenvalue weighted by Gasteiger charge is 1.91. The molecule has 0 unspecified atom stereocenters. The Morgan fingerprint density at radius 3 is 2.06 bits per heavy atom. The molecule has 0 fully saturated rings. The molecular formula is C16H27NS. The minimum Gasteiger partial charge on any atom is -0.304 e. The lowest BCUT2D eigenvalue weighted by molar-refractivity contribution is 1.10. The summed E-state index contributed by atoms with van der Waals surface area (Å²) in [5.74, 6) is 0.